The van der Waals surface area contributed by atoms with Crippen LogP contribution in [-0.2, 0) is 29.1 Å². The minimum absolute atomic E-state index is 0.0186. The Morgan fingerprint density at radius 2 is 2.04 bits per heavy atom. The number of rotatable bonds is 3. The van der Waals surface area contributed by atoms with Gasteiger partial charge in [0.05, 0.1) is 18.2 Å². The van der Waals surface area contributed by atoms with Crippen molar-refractivity contribution in [2.24, 2.45) is 0 Å². The maximum atomic E-state index is 12.9. The second-order valence-electron chi connectivity index (χ2n) is 7.10. The zero-order chi connectivity index (χ0) is 18.4. The van der Waals surface area contributed by atoms with Gasteiger partial charge in [-0.3, -0.25) is 9.59 Å². The highest BCUT2D eigenvalue weighted by atomic mass is 16.2. The van der Waals surface area contributed by atoms with E-state index in [0.29, 0.717) is 13.1 Å². The monoisotopic (exact) mass is 350 g/mol. The number of anilines is 1. The average Bonchev–Trinajstić information content (AvgIpc) is 3.20. The fraction of sp³-hybridized carbons (Fsp3) is 0.400. The second kappa shape index (κ2) is 6.20. The molecule has 0 saturated heterocycles. The number of carbonyl (C=O) groups is 2. The number of aryl methyl sites for hydroxylation is 3. The van der Waals surface area contributed by atoms with Crippen LogP contribution in [-0.4, -0.2) is 26.7 Å². The minimum Gasteiger partial charge on any atom is -0.332 e. The van der Waals surface area contributed by atoms with Gasteiger partial charge in [-0.1, -0.05) is 19.1 Å². The SMILES string of the molecule is CCc1ncc2c(n1)CN(C(=O)CC1C(=O)Nc3c(C)ccc(C)c31)C2. The standard InChI is InChI=1S/C20H22N4O2/c1-4-16-21-8-13-9-24(10-15(13)22-16)17(25)7-14-18-11(2)5-6-12(3)19(18)23-20(14)26/h5-6,8,14H,4,7,9-10H2,1-3H3,(H,23,26). The van der Waals surface area contributed by atoms with Gasteiger partial charge in [0.25, 0.3) is 0 Å². The van der Waals surface area contributed by atoms with E-state index in [-0.39, 0.29) is 18.2 Å². The van der Waals surface area contributed by atoms with Gasteiger partial charge in [-0.25, -0.2) is 9.97 Å². The molecule has 2 amide bonds. The van der Waals surface area contributed by atoms with Crippen LogP contribution in [0.5, 0.6) is 0 Å². The Labute approximate surface area is 152 Å². The molecule has 0 spiro atoms. The predicted octanol–water partition coefficient (Wildman–Crippen LogP) is 2.62. The average molecular weight is 350 g/mol. The summed E-state index contributed by atoms with van der Waals surface area (Å²) >= 11 is 0. The summed E-state index contributed by atoms with van der Waals surface area (Å²) in [5, 5.41) is 2.95. The molecular formula is C20H22N4O2. The van der Waals surface area contributed by atoms with Crippen molar-refractivity contribution < 1.29 is 9.59 Å². The molecule has 0 aliphatic carbocycles. The second-order valence-corrected chi connectivity index (χ2v) is 7.10. The molecule has 0 radical (unpaired) electrons. The van der Waals surface area contributed by atoms with Crippen LogP contribution < -0.4 is 5.32 Å². The summed E-state index contributed by atoms with van der Waals surface area (Å²) in [6.45, 7) is 7.00. The summed E-state index contributed by atoms with van der Waals surface area (Å²) in [6, 6.07) is 4.01. The molecular weight excluding hydrogens is 328 g/mol. The van der Waals surface area contributed by atoms with E-state index in [1.54, 1.807) is 4.90 Å². The Kier molecular flexibility index (Phi) is 3.98. The first-order valence-electron chi connectivity index (χ1n) is 9.00. The Morgan fingerprint density at radius 1 is 1.27 bits per heavy atom. The van der Waals surface area contributed by atoms with E-state index in [9.17, 15) is 9.59 Å². The van der Waals surface area contributed by atoms with E-state index in [0.717, 1.165) is 45.9 Å². The fourth-order valence-corrected chi connectivity index (χ4v) is 3.83. The van der Waals surface area contributed by atoms with Gasteiger partial charge in [-0.2, -0.15) is 0 Å². The number of carbonyl (C=O) groups excluding carboxylic acids is 2. The molecule has 0 saturated carbocycles. The molecule has 4 rings (SSSR count). The molecule has 1 unspecified atom stereocenters. The lowest BCUT2D eigenvalue weighted by molar-refractivity contribution is -0.134. The molecule has 0 fully saturated rings. The topological polar surface area (TPSA) is 75.2 Å². The molecule has 2 aliphatic heterocycles. The summed E-state index contributed by atoms with van der Waals surface area (Å²) < 4.78 is 0. The molecule has 6 heteroatoms. The number of amides is 2. The molecule has 6 nitrogen and oxygen atoms in total. The van der Waals surface area contributed by atoms with Crippen molar-refractivity contribution >= 4 is 17.5 Å². The summed E-state index contributed by atoms with van der Waals surface area (Å²) in [7, 11) is 0. The molecule has 26 heavy (non-hydrogen) atoms. The molecule has 3 heterocycles. The van der Waals surface area contributed by atoms with Gasteiger partial charge >= 0.3 is 0 Å². The number of hydrogen-bond acceptors (Lipinski definition) is 4. The number of nitrogens with one attached hydrogen (secondary N) is 1. The smallest absolute Gasteiger partial charge is 0.232 e. The van der Waals surface area contributed by atoms with Crippen LogP contribution in [0.15, 0.2) is 18.3 Å². The third-order valence-corrected chi connectivity index (χ3v) is 5.34. The number of fused-ring (bicyclic) bond motifs is 2. The predicted molar refractivity (Wildman–Crippen MR) is 97.6 cm³/mol. The van der Waals surface area contributed by atoms with E-state index in [2.05, 4.69) is 15.3 Å². The summed E-state index contributed by atoms with van der Waals surface area (Å²) in [6.07, 6.45) is 2.78. The molecule has 1 aromatic carbocycles. The van der Waals surface area contributed by atoms with Crippen molar-refractivity contribution in [2.45, 2.75) is 52.6 Å². The van der Waals surface area contributed by atoms with Crippen LogP contribution in [0.2, 0.25) is 0 Å². The van der Waals surface area contributed by atoms with Crippen molar-refractivity contribution in [2.75, 3.05) is 5.32 Å². The van der Waals surface area contributed by atoms with E-state index >= 15 is 0 Å². The Hall–Kier alpha value is -2.76. The normalized spacial score (nSPS) is 17.9. The zero-order valence-corrected chi connectivity index (χ0v) is 15.3. The molecule has 1 N–H and O–H groups in total. The van der Waals surface area contributed by atoms with Crippen LogP contribution in [0.3, 0.4) is 0 Å². The first-order chi connectivity index (χ1) is 12.5. The van der Waals surface area contributed by atoms with Gasteiger partial charge in [0.2, 0.25) is 11.8 Å². The summed E-state index contributed by atoms with van der Waals surface area (Å²) in [5.41, 5.74) is 5.84. The fourth-order valence-electron chi connectivity index (χ4n) is 3.83. The van der Waals surface area contributed by atoms with E-state index in [1.165, 1.54) is 0 Å². The highest BCUT2D eigenvalue weighted by Crippen LogP contribution is 2.39. The van der Waals surface area contributed by atoms with Gasteiger partial charge in [-0.15, -0.1) is 0 Å². The first kappa shape index (κ1) is 16.7. The summed E-state index contributed by atoms with van der Waals surface area (Å²) in [5.74, 6) is 0.275. The van der Waals surface area contributed by atoms with Crippen molar-refractivity contribution in [1.82, 2.24) is 14.9 Å². The van der Waals surface area contributed by atoms with Crippen molar-refractivity contribution in [3.8, 4) is 0 Å². The van der Waals surface area contributed by atoms with Gasteiger partial charge in [-0.05, 0) is 30.5 Å². The van der Waals surface area contributed by atoms with E-state index < -0.39 is 5.92 Å². The number of aromatic nitrogens is 2. The van der Waals surface area contributed by atoms with Crippen LogP contribution in [0.25, 0.3) is 0 Å². The van der Waals surface area contributed by atoms with Crippen molar-refractivity contribution in [1.29, 1.82) is 0 Å². The van der Waals surface area contributed by atoms with Crippen molar-refractivity contribution in [3.05, 3.63) is 52.1 Å². The first-order valence-corrected chi connectivity index (χ1v) is 9.00. The van der Waals surface area contributed by atoms with Gasteiger partial charge in [0.1, 0.15) is 5.82 Å². The maximum absolute atomic E-state index is 12.9. The Bertz CT molecular complexity index is 922. The van der Waals surface area contributed by atoms with Crippen LogP contribution >= 0.6 is 0 Å². The largest absolute Gasteiger partial charge is 0.332 e. The highest BCUT2D eigenvalue weighted by molar-refractivity contribution is 6.06. The van der Waals surface area contributed by atoms with E-state index in [4.69, 9.17) is 0 Å². The van der Waals surface area contributed by atoms with Gasteiger partial charge in [0.15, 0.2) is 0 Å². The maximum Gasteiger partial charge on any atom is 0.232 e. The third-order valence-electron chi connectivity index (χ3n) is 5.34. The molecule has 2 aliphatic rings. The molecule has 1 atom stereocenters. The number of benzene rings is 1. The molecule has 0 bridgehead atoms. The summed E-state index contributed by atoms with van der Waals surface area (Å²) in [4.78, 5) is 36.0. The lowest BCUT2D eigenvalue weighted by Gasteiger charge is -2.18. The number of hydrogen-bond donors (Lipinski definition) is 1. The highest BCUT2D eigenvalue weighted by Gasteiger charge is 2.36. The van der Waals surface area contributed by atoms with E-state index in [1.807, 2.05) is 39.1 Å². The Morgan fingerprint density at radius 3 is 2.81 bits per heavy atom. The molecule has 2 aromatic rings. The lowest BCUT2D eigenvalue weighted by atomic mass is 9.91. The van der Waals surface area contributed by atoms with Gasteiger partial charge in [0, 0.05) is 36.8 Å². The molecule has 1 aromatic heterocycles. The Balaban J connectivity index is 1.54. The quantitative estimate of drug-likeness (QED) is 0.923. The lowest BCUT2D eigenvalue weighted by Crippen LogP contribution is -2.28. The molecule has 134 valence electrons. The van der Waals surface area contributed by atoms with Crippen molar-refractivity contribution in [3.63, 3.8) is 0 Å². The van der Waals surface area contributed by atoms with Crippen LogP contribution in [0.4, 0.5) is 5.69 Å². The van der Waals surface area contributed by atoms with Gasteiger partial charge < -0.3 is 10.2 Å². The van der Waals surface area contributed by atoms with Crippen LogP contribution in [0.1, 0.15) is 53.0 Å². The minimum atomic E-state index is -0.418. The van der Waals surface area contributed by atoms with Crippen LogP contribution in [0, 0.1) is 13.8 Å². The number of nitrogens with zero attached hydrogens (tertiary/aromatic N) is 3. The third kappa shape index (κ3) is 2.66. The zero-order valence-electron chi connectivity index (χ0n) is 15.3.